The second-order valence-electron chi connectivity index (χ2n) is 4.37. The molecule has 0 aromatic carbocycles. The van der Waals surface area contributed by atoms with Crippen molar-refractivity contribution in [2.45, 2.75) is 37.1 Å². The number of rotatable bonds is 0. The van der Waals surface area contributed by atoms with Crippen LogP contribution in [0.15, 0.2) is 0 Å². The summed E-state index contributed by atoms with van der Waals surface area (Å²) in [4.78, 5) is 0. The number of aliphatic hydroxyl groups is 2. The van der Waals surface area contributed by atoms with E-state index < -0.39 is 0 Å². The maximum absolute atomic E-state index is 8.87. The zero-order valence-corrected chi connectivity index (χ0v) is 11.9. The first-order valence-corrected chi connectivity index (χ1v) is 5.60. The van der Waals surface area contributed by atoms with Crippen LogP contribution in [0.2, 0.25) is 0 Å². The minimum Gasteiger partial charge on any atom is -0.391 e. The average Bonchev–Trinajstić information content (AvgIpc) is 2.17. The van der Waals surface area contributed by atoms with Crippen molar-refractivity contribution in [2.75, 3.05) is 26.4 Å². The van der Waals surface area contributed by atoms with Gasteiger partial charge in [-0.05, 0) is 12.8 Å². The van der Waals surface area contributed by atoms with Gasteiger partial charge >= 0.3 is 0 Å². The summed E-state index contributed by atoms with van der Waals surface area (Å²) < 4.78 is 9.84. The van der Waals surface area contributed by atoms with Crippen LogP contribution in [0.25, 0.3) is 0 Å². The maximum atomic E-state index is 8.87. The molecule has 112 valence electrons. The fourth-order valence-corrected chi connectivity index (χ4v) is 1.68. The second kappa shape index (κ2) is 11.2. The molecule has 2 fully saturated rings. The highest BCUT2D eigenvalue weighted by molar-refractivity contribution is 5.85. The number of halogens is 2. The van der Waals surface area contributed by atoms with E-state index in [1.807, 2.05) is 0 Å². The Morgan fingerprint density at radius 3 is 1.22 bits per heavy atom. The number of hydrogen-bond acceptors (Lipinski definition) is 6. The van der Waals surface area contributed by atoms with E-state index in [0.717, 1.165) is 0 Å². The van der Waals surface area contributed by atoms with Crippen LogP contribution in [0.4, 0.5) is 0 Å². The van der Waals surface area contributed by atoms with Crippen LogP contribution in [0, 0.1) is 0 Å². The third kappa shape index (κ3) is 9.29. The Bertz CT molecular complexity index is 167. The molecule has 0 unspecified atom stereocenters. The van der Waals surface area contributed by atoms with Gasteiger partial charge in [-0.15, -0.1) is 24.8 Å². The van der Waals surface area contributed by atoms with Gasteiger partial charge < -0.3 is 31.2 Å². The highest BCUT2D eigenvalue weighted by Crippen LogP contribution is 2.04. The van der Waals surface area contributed by atoms with Crippen molar-refractivity contribution in [1.29, 1.82) is 0 Å². The molecule has 0 aromatic heterocycles. The van der Waals surface area contributed by atoms with Crippen LogP contribution >= 0.6 is 24.8 Å². The van der Waals surface area contributed by atoms with E-state index >= 15 is 0 Å². The van der Waals surface area contributed by atoms with Crippen molar-refractivity contribution in [2.24, 2.45) is 11.5 Å². The summed E-state index contributed by atoms with van der Waals surface area (Å²) in [6.07, 6.45) is 0.692. The third-order valence-corrected chi connectivity index (χ3v) is 2.43. The van der Waals surface area contributed by atoms with Gasteiger partial charge in [0.1, 0.15) is 0 Å². The molecule has 2 heterocycles. The Kier molecular flexibility index (Phi) is 12.8. The van der Waals surface area contributed by atoms with Gasteiger partial charge in [-0.3, -0.25) is 0 Å². The number of nitrogens with two attached hydrogens (primary N) is 2. The molecule has 0 aromatic rings. The number of hydrogen-bond donors (Lipinski definition) is 4. The Labute approximate surface area is 120 Å². The fraction of sp³-hybridized carbons (Fsp3) is 1.00. The van der Waals surface area contributed by atoms with Crippen LogP contribution < -0.4 is 11.5 Å². The molecule has 0 saturated carbocycles. The smallest absolute Gasteiger partial charge is 0.0789 e. The summed E-state index contributed by atoms with van der Waals surface area (Å²) >= 11 is 0. The molecule has 0 radical (unpaired) electrons. The van der Waals surface area contributed by atoms with Crippen LogP contribution in [0.3, 0.4) is 0 Å². The molecule has 6 nitrogen and oxygen atoms in total. The van der Waals surface area contributed by atoms with Gasteiger partial charge in [0, 0.05) is 12.1 Å². The van der Waals surface area contributed by atoms with Gasteiger partial charge in [0.05, 0.1) is 38.6 Å². The van der Waals surface area contributed by atoms with Gasteiger partial charge in [-0.1, -0.05) is 0 Å². The molecule has 2 saturated heterocycles. The molecule has 0 bridgehead atoms. The summed E-state index contributed by atoms with van der Waals surface area (Å²) in [6.45, 7) is 2.09. The van der Waals surface area contributed by atoms with Crippen molar-refractivity contribution < 1.29 is 19.7 Å². The number of ether oxygens (including phenoxy) is 2. The summed E-state index contributed by atoms with van der Waals surface area (Å²) in [7, 11) is 0. The Balaban J connectivity index is 0. The normalized spacial score (nSPS) is 35.3. The lowest BCUT2D eigenvalue weighted by atomic mass is 10.1. The Morgan fingerprint density at radius 2 is 1.06 bits per heavy atom. The Hall–Kier alpha value is 0.340. The SMILES string of the molecule is Cl.Cl.N[C@@H]1COC[C@@H](O)C1.N[C@H]1COC[C@H](O)C1. The molecule has 0 amide bonds. The van der Waals surface area contributed by atoms with E-state index in [9.17, 15) is 0 Å². The maximum Gasteiger partial charge on any atom is 0.0789 e. The van der Waals surface area contributed by atoms with Gasteiger partial charge in [0.15, 0.2) is 0 Å². The molecule has 0 spiro atoms. The van der Waals surface area contributed by atoms with Crippen LogP contribution in [0.5, 0.6) is 0 Å². The molecule has 2 aliphatic heterocycles. The quantitative estimate of drug-likeness (QED) is 0.458. The van der Waals surface area contributed by atoms with E-state index in [1.165, 1.54) is 0 Å². The molecule has 2 rings (SSSR count). The van der Waals surface area contributed by atoms with Crippen molar-refractivity contribution in [1.82, 2.24) is 0 Å². The van der Waals surface area contributed by atoms with Crippen LogP contribution in [-0.2, 0) is 9.47 Å². The average molecular weight is 307 g/mol. The zero-order chi connectivity index (χ0) is 12.0. The summed E-state index contributed by atoms with van der Waals surface area (Å²) in [5, 5.41) is 17.7. The van der Waals surface area contributed by atoms with E-state index in [0.29, 0.717) is 39.3 Å². The zero-order valence-electron chi connectivity index (χ0n) is 10.2. The van der Waals surface area contributed by atoms with Crippen molar-refractivity contribution in [3.63, 3.8) is 0 Å². The van der Waals surface area contributed by atoms with Crippen LogP contribution in [-0.4, -0.2) is 60.9 Å². The van der Waals surface area contributed by atoms with Crippen LogP contribution in [0.1, 0.15) is 12.8 Å². The summed E-state index contributed by atoms with van der Waals surface area (Å²) in [6, 6.07) is 0.0810. The minimum atomic E-state index is -0.334. The highest BCUT2D eigenvalue weighted by atomic mass is 35.5. The molecule has 18 heavy (non-hydrogen) atoms. The lowest BCUT2D eigenvalue weighted by molar-refractivity contribution is -0.0155. The first-order valence-electron chi connectivity index (χ1n) is 5.60. The van der Waals surface area contributed by atoms with Crippen molar-refractivity contribution in [3.8, 4) is 0 Å². The molecular weight excluding hydrogens is 283 g/mol. The minimum absolute atomic E-state index is 0. The lowest BCUT2D eigenvalue weighted by Crippen LogP contribution is -2.38. The predicted molar refractivity (Wildman–Crippen MR) is 73.3 cm³/mol. The predicted octanol–water partition coefficient (Wildman–Crippen LogP) is -0.967. The molecule has 4 atom stereocenters. The Morgan fingerprint density at radius 1 is 0.722 bits per heavy atom. The summed E-state index contributed by atoms with van der Waals surface area (Å²) in [5.41, 5.74) is 10.9. The standard InChI is InChI=1S/2C5H11NO2.2ClH/c2*6-4-1-5(7)3-8-2-4;;/h2*4-5,7H,1-3,6H2;2*1H/t2*4-,5-;;/m10../s1. The van der Waals surface area contributed by atoms with E-state index in [2.05, 4.69) is 0 Å². The van der Waals surface area contributed by atoms with Gasteiger partial charge in [-0.25, -0.2) is 0 Å². The number of aliphatic hydroxyl groups excluding tert-OH is 2. The molecule has 2 aliphatic rings. The fourth-order valence-electron chi connectivity index (χ4n) is 1.68. The second-order valence-corrected chi connectivity index (χ2v) is 4.37. The highest BCUT2D eigenvalue weighted by Gasteiger charge is 2.16. The van der Waals surface area contributed by atoms with E-state index in [1.54, 1.807) is 0 Å². The molecule has 8 heteroatoms. The van der Waals surface area contributed by atoms with E-state index in [-0.39, 0.29) is 49.1 Å². The van der Waals surface area contributed by atoms with Gasteiger partial charge in [-0.2, -0.15) is 0 Å². The first kappa shape index (κ1) is 20.7. The monoisotopic (exact) mass is 306 g/mol. The summed E-state index contributed by atoms with van der Waals surface area (Å²) in [5.74, 6) is 0. The van der Waals surface area contributed by atoms with E-state index in [4.69, 9.17) is 31.2 Å². The van der Waals surface area contributed by atoms with Crippen molar-refractivity contribution in [3.05, 3.63) is 0 Å². The largest absolute Gasteiger partial charge is 0.391 e. The van der Waals surface area contributed by atoms with Crippen molar-refractivity contribution >= 4 is 24.8 Å². The molecular formula is C10H24Cl2N2O4. The first-order chi connectivity index (χ1) is 7.58. The molecule has 0 aliphatic carbocycles. The lowest BCUT2D eigenvalue weighted by Gasteiger charge is -2.22. The molecule has 6 N–H and O–H groups in total. The van der Waals surface area contributed by atoms with Gasteiger partial charge in [0.2, 0.25) is 0 Å². The van der Waals surface area contributed by atoms with Gasteiger partial charge in [0.25, 0.3) is 0 Å². The topological polar surface area (TPSA) is 111 Å². The third-order valence-electron chi connectivity index (χ3n) is 2.43.